The molecule has 0 aliphatic carbocycles. The Balaban J connectivity index is 2.82. The summed E-state index contributed by atoms with van der Waals surface area (Å²) < 4.78 is 0. The van der Waals surface area contributed by atoms with Crippen LogP contribution in [0.1, 0.15) is 19.5 Å². The Morgan fingerprint density at radius 1 is 1.33 bits per heavy atom. The van der Waals surface area contributed by atoms with Gasteiger partial charge in [-0.25, -0.2) is 4.98 Å². The fraction of sp³-hybridized carbons (Fsp3) is 0.333. The Hall–Kier alpha value is -0.890. The van der Waals surface area contributed by atoms with E-state index < -0.39 is 0 Å². The summed E-state index contributed by atoms with van der Waals surface area (Å²) in [4.78, 5) is 7.98. The van der Waals surface area contributed by atoms with Crippen molar-refractivity contribution in [2.75, 3.05) is 0 Å². The van der Waals surface area contributed by atoms with E-state index >= 15 is 0 Å². The van der Waals surface area contributed by atoms with Crippen molar-refractivity contribution in [3.8, 4) is 0 Å². The van der Waals surface area contributed by atoms with Gasteiger partial charge in [0.25, 0.3) is 0 Å². The number of halogens is 1. The quantitative estimate of drug-likeness (QED) is 0.703. The number of aromatic nitrogens is 2. The highest BCUT2D eigenvalue weighted by Gasteiger charge is 1.96. The van der Waals surface area contributed by atoms with Gasteiger partial charge in [-0.05, 0) is 12.0 Å². The highest BCUT2D eigenvalue weighted by molar-refractivity contribution is 6.30. The van der Waals surface area contributed by atoms with E-state index in [4.69, 9.17) is 11.6 Å². The Morgan fingerprint density at radius 2 is 2.00 bits per heavy atom. The summed E-state index contributed by atoms with van der Waals surface area (Å²) in [7, 11) is 0. The summed E-state index contributed by atoms with van der Waals surface area (Å²) in [5, 5.41) is 0.453. The smallest absolute Gasteiger partial charge is 0.154 e. The van der Waals surface area contributed by atoms with Gasteiger partial charge in [-0.15, -0.1) is 0 Å². The van der Waals surface area contributed by atoms with Crippen LogP contribution in [0.4, 0.5) is 0 Å². The third-order valence-corrected chi connectivity index (χ3v) is 1.61. The zero-order chi connectivity index (χ0) is 8.97. The molecular formula is C9H11ClN2. The first-order chi connectivity index (χ1) is 5.70. The van der Waals surface area contributed by atoms with E-state index in [1.165, 1.54) is 0 Å². The standard InChI is InChI=1S/C9H11ClN2/c1-7(2)3-4-8-9(10)12-6-5-11-8/h3-7H,1-2H3/b4-3+. The Labute approximate surface area is 77.3 Å². The van der Waals surface area contributed by atoms with Crippen molar-refractivity contribution in [1.82, 2.24) is 9.97 Å². The minimum atomic E-state index is 0.453. The van der Waals surface area contributed by atoms with E-state index in [1.54, 1.807) is 12.4 Å². The van der Waals surface area contributed by atoms with Crippen LogP contribution in [-0.4, -0.2) is 9.97 Å². The molecule has 1 aromatic heterocycles. The molecule has 0 bridgehead atoms. The summed E-state index contributed by atoms with van der Waals surface area (Å²) in [6.45, 7) is 4.20. The molecule has 0 aromatic carbocycles. The zero-order valence-electron chi connectivity index (χ0n) is 7.16. The van der Waals surface area contributed by atoms with Crippen molar-refractivity contribution in [2.45, 2.75) is 13.8 Å². The van der Waals surface area contributed by atoms with Gasteiger partial charge in [0.15, 0.2) is 5.15 Å². The van der Waals surface area contributed by atoms with Crippen LogP contribution in [0.2, 0.25) is 5.15 Å². The molecule has 2 nitrogen and oxygen atoms in total. The van der Waals surface area contributed by atoms with Crippen LogP contribution in [0.15, 0.2) is 18.5 Å². The summed E-state index contributed by atoms with van der Waals surface area (Å²) in [6.07, 6.45) is 7.14. The highest BCUT2D eigenvalue weighted by Crippen LogP contribution is 2.11. The van der Waals surface area contributed by atoms with Gasteiger partial charge in [-0.2, -0.15) is 0 Å². The molecule has 0 saturated carbocycles. The topological polar surface area (TPSA) is 25.8 Å². The molecule has 0 radical (unpaired) electrons. The summed E-state index contributed by atoms with van der Waals surface area (Å²) in [6, 6.07) is 0. The summed E-state index contributed by atoms with van der Waals surface area (Å²) in [5.74, 6) is 0.503. The molecule has 0 fully saturated rings. The average Bonchev–Trinajstić information content (AvgIpc) is 2.03. The number of rotatable bonds is 2. The average molecular weight is 183 g/mol. The SMILES string of the molecule is CC(C)/C=C/c1nccnc1Cl. The number of allylic oxidation sites excluding steroid dienone is 1. The lowest BCUT2D eigenvalue weighted by Gasteiger charge is -1.95. The van der Waals surface area contributed by atoms with Crippen LogP contribution in [0.3, 0.4) is 0 Å². The van der Waals surface area contributed by atoms with E-state index in [0.29, 0.717) is 11.1 Å². The lowest BCUT2D eigenvalue weighted by Crippen LogP contribution is -1.85. The predicted octanol–water partition coefficient (Wildman–Crippen LogP) is 2.80. The van der Waals surface area contributed by atoms with Gasteiger partial charge in [0.1, 0.15) is 0 Å². The Kier molecular flexibility index (Phi) is 3.23. The van der Waals surface area contributed by atoms with Crippen molar-refractivity contribution >= 4 is 17.7 Å². The van der Waals surface area contributed by atoms with Gasteiger partial charge in [-0.3, -0.25) is 4.98 Å². The fourth-order valence-corrected chi connectivity index (χ4v) is 0.895. The van der Waals surface area contributed by atoms with E-state index in [9.17, 15) is 0 Å². The van der Waals surface area contributed by atoms with Crippen molar-refractivity contribution in [3.05, 3.63) is 29.3 Å². The molecule has 12 heavy (non-hydrogen) atoms. The maximum absolute atomic E-state index is 5.78. The van der Waals surface area contributed by atoms with Gasteiger partial charge >= 0.3 is 0 Å². The second-order valence-corrected chi connectivity index (χ2v) is 3.19. The third kappa shape index (κ3) is 2.62. The second kappa shape index (κ2) is 4.21. The molecule has 0 aliphatic rings. The molecule has 0 N–H and O–H groups in total. The maximum atomic E-state index is 5.78. The van der Waals surface area contributed by atoms with Crippen LogP contribution in [0.25, 0.3) is 6.08 Å². The monoisotopic (exact) mass is 182 g/mol. The molecule has 1 heterocycles. The van der Waals surface area contributed by atoms with Gasteiger partial charge in [0.2, 0.25) is 0 Å². The fourth-order valence-electron chi connectivity index (χ4n) is 0.727. The third-order valence-electron chi connectivity index (χ3n) is 1.32. The van der Waals surface area contributed by atoms with Crippen LogP contribution >= 0.6 is 11.6 Å². The largest absolute Gasteiger partial charge is 0.252 e. The normalized spacial score (nSPS) is 11.3. The maximum Gasteiger partial charge on any atom is 0.154 e. The van der Waals surface area contributed by atoms with Crippen molar-refractivity contribution in [2.24, 2.45) is 5.92 Å². The van der Waals surface area contributed by atoms with Crippen LogP contribution in [0, 0.1) is 5.92 Å². The molecule has 0 unspecified atom stereocenters. The van der Waals surface area contributed by atoms with Crippen LogP contribution in [-0.2, 0) is 0 Å². The first kappa shape index (κ1) is 9.20. The lowest BCUT2D eigenvalue weighted by molar-refractivity contribution is 0.836. The van der Waals surface area contributed by atoms with Gasteiger partial charge in [-0.1, -0.05) is 31.5 Å². The van der Waals surface area contributed by atoms with Crippen molar-refractivity contribution in [3.63, 3.8) is 0 Å². The first-order valence-electron chi connectivity index (χ1n) is 3.85. The predicted molar refractivity (Wildman–Crippen MR) is 50.9 cm³/mol. The minimum Gasteiger partial charge on any atom is -0.252 e. The van der Waals surface area contributed by atoms with Crippen molar-refractivity contribution < 1.29 is 0 Å². The van der Waals surface area contributed by atoms with Crippen LogP contribution < -0.4 is 0 Å². The molecule has 1 aromatic rings. The number of hydrogen-bond donors (Lipinski definition) is 0. The molecule has 0 atom stereocenters. The molecule has 0 spiro atoms. The van der Waals surface area contributed by atoms with Crippen molar-refractivity contribution in [1.29, 1.82) is 0 Å². The van der Waals surface area contributed by atoms with Crippen LogP contribution in [0.5, 0.6) is 0 Å². The Bertz CT molecular complexity index is 282. The summed E-state index contributed by atoms with van der Waals surface area (Å²) >= 11 is 5.78. The van der Waals surface area contributed by atoms with Gasteiger partial charge in [0, 0.05) is 12.4 Å². The van der Waals surface area contributed by atoms with E-state index in [0.717, 1.165) is 5.69 Å². The van der Waals surface area contributed by atoms with E-state index in [2.05, 4.69) is 23.8 Å². The molecular weight excluding hydrogens is 172 g/mol. The minimum absolute atomic E-state index is 0.453. The second-order valence-electron chi connectivity index (χ2n) is 2.84. The number of hydrogen-bond acceptors (Lipinski definition) is 2. The number of nitrogens with zero attached hydrogens (tertiary/aromatic N) is 2. The molecule has 0 amide bonds. The van der Waals surface area contributed by atoms with Gasteiger partial charge < -0.3 is 0 Å². The van der Waals surface area contributed by atoms with E-state index in [-0.39, 0.29) is 0 Å². The molecule has 64 valence electrons. The Morgan fingerprint density at radius 3 is 2.58 bits per heavy atom. The van der Waals surface area contributed by atoms with E-state index in [1.807, 2.05) is 12.2 Å². The molecule has 0 aliphatic heterocycles. The zero-order valence-corrected chi connectivity index (χ0v) is 7.92. The molecule has 0 saturated heterocycles. The molecule has 1 rings (SSSR count). The highest BCUT2D eigenvalue weighted by atomic mass is 35.5. The molecule has 3 heteroatoms. The summed E-state index contributed by atoms with van der Waals surface area (Å²) in [5.41, 5.74) is 0.730. The lowest BCUT2D eigenvalue weighted by atomic mass is 10.2. The van der Waals surface area contributed by atoms with Gasteiger partial charge in [0.05, 0.1) is 5.69 Å². The first-order valence-corrected chi connectivity index (χ1v) is 4.22.